The Kier molecular flexibility index (Phi) is 5.85. The summed E-state index contributed by atoms with van der Waals surface area (Å²) in [4.78, 5) is 0. The van der Waals surface area contributed by atoms with Gasteiger partial charge in [-0.3, -0.25) is 0 Å². The number of hydrogen-bond donors (Lipinski definition) is 1. The van der Waals surface area contributed by atoms with Gasteiger partial charge in [-0.15, -0.1) is 8.07 Å². The normalized spacial score (nSPS) is 29.5. The summed E-state index contributed by atoms with van der Waals surface area (Å²) in [6.07, 6.45) is 9.55. The monoisotopic (exact) mass is 500 g/mol. The van der Waals surface area contributed by atoms with Crippen LogP contribution in [-0.2, 0) is 5.41 Å². The van der Waals surface area contributed by atoms with Crippen LogP contribution >= 0.6 is 0 Å². The second-order valence-corrected chi connectivity index (χ2v) is 19.9. The standard InChI is InChI=1S/C32H45BO2Si/c1-21(16-31(2,3)4)20-36(5,6)25-14-27-26-9-7-8-10-29(26)33(34)35-30(27)28(15-25)32-17-22-11-23(18-32)13-24(12-22)19-32/h7-10,14-15,21-24,34H,11-13,16-20H2,1-6H3/q-1. The number of hydrogen-bond acceptors (Lipinski definition) is 2. The van der Waals surface area contributed by atoms with Gasteiger partial charge in [0, 0.05) is 11.0 Å². The molecule has 1 unspecified atom stereocenters. The van der Waals surface area contributed by atoms with E-state index in [1.54, 1.807) is 5.19 Å². The Balaban J connectivity index is 1.49. The molecular formula is C32H45BO2Si-. The molecule has 1 N–H and O–H groups in total. The largest absolute Gasteiger partial charge is 0.560 e. The van der Waals surface area contributed by atoms with E-state index in [1.807, 2.05) is 12.1 Å². The van der Waals surface area contributed by atoms with Crippen LogP contribution in [0.1, 0.15) is 78.2 Å². The number of rotatable bonds is 5. The topological polar surface area (TPSA) is 29.5 Å². The molecule has 4 fully saturated rings. The van der Waals surface area contributed by atoms with Crippen molar-refractivity contribution in [1.29, 1.82) is 0 Å². The zero-order chi connectivity index (χ0) is 25.5. The second-order valence-electron chi connectivity index (χ2n) is 15.1. The van der Waals surface area contributed by atoms with Gasteiger partial charge in [0.05, 0.1) is 0 Å². The van der Waals surface area contributed by atoms with E-state index < -0.39 is 15.2 Å². The lowest BCUT2D eigenvalue weighted by molar-refractivity contribution is -0.00581. The Hall–Kier alpha value is -1.52. The smallest absolute Gasteiger partial charge is 0.532 e. The second kappa shape index (κ2) is 8.50. The van der Waals surface area contributed by atoms with E-state index in [2.05, 4.69) is 65.1 Å². The molecule has 4 aliphatic carbocycles. The minimum Gasteiger partial charge on any atom is -0.532 e. The van der Waals surface area contributed by atoms with Crippen molar-refractivity contribution in [2.24, 2.45) is 29.1 Å². The highest BCUT2D eigenvalue weighted by Crippen LogP contribution is 2.62. The van der Waals surface area contributed by atoms with Gasteiger partial charge in [0.2, 0.25) is 0 Å². The van der Waals surface area contributed by atoms with E-state index in [-0.39, 0.29) is 5.41 Å². The SMILES string of the molecule is CC(CC(C)(C)C)C[Si-](C)(C)c1cc2c(c(C34CC5CC(CC(C5)C3)C4)c1)OB(O)c1ccccc1-2. The van der Waals surface area contributed by atoms with Crippen LogP contribution in [0.15, 0.2) is 36.4 Å². The van der Waals surface area contributed by atoms with Gasteiger partial charge in [-0.1, -0.05) is 70.0 Å². The highest BCUT2D eigenvalue weighted by Gasteiger charge is 2.53. The van der Waals surface area contributed by atoms with Gasteiger partial charge in [0.15, 0.2) is 0 Å². The molecule has 1 heterocycles. The molecule has 0 spiro atoms. The van der Waals surface area contributed by atoms with Gasteiger partial charge in [0.1, 0.15) is 5.75 Å². The van der Waals surface area contributed by atoms with Crippen LogP contribution in [0.5, 0.6) is 5.75 Å². The maximum Gasteiger partial charge on any atom is 0.560 e. The average molecular weight is 501 g/mol. The summed E-state index contributed by atoms with van der Waals surface area (Å²) >= 11 is 0. The molecule has 36 heavy (non-hydrogen) atoms. The zero-order valence-electron chi connectivity index (χ0n) is 23.4. The van der Waals surface area contributed by atoms with Gasteiger partial charge < -0.3 is 9.68 Å². The van der Waals surface area contributed by atoms with Crippen molar-refractivity contribution in [3.05, 3.63) is 42.0 Å². The Bertz CT molecular complexity index is 1130. The molecule has 2 aromatic carbocycles. The molecule has 1 atom stereocenters. The zero-order valence-corrected chi connectivity index (χ0v) is 24.4. The molecule has 193 valence electrons. The Labute approximate surface area is 220 Å². The molecule has 0 amide bonds. The van der Waals surface area contributed by atoms with Crippen molar-refractivity contribution in [3.63, 3.8) is 0 Å². The lowest BCUT2D eigenvalue weighted by atomic mass is 9.47. The van der Waals surface area contributed by atoms with Crippen molar-refractivity contribution in [2.45, 2.75) is 97.2 Å². The molecular weight excluding hydrogens is 455 g/mol. The molecule has 2 aromatic rings. The Morgan fingerprint density at radius 2 is 1.61 bits per heavy atom. The number of fused-ring (bicyclic) bond motifs is 3. The summed E-state index contributed by atoms with van der Waals surface area (Å²) in [5.41, 5.74) is 5.38. The molecule has 0 aromatic heterocycles. The third kappa shape index (κ3) is 4.30. The Morgan fingerprint density at radius 3 is 2.22 bits per heavy atom. The van der Waals surface area contributed by atoms with Crippen molar-refractivity contribution < 1.29 is 9.68 Å². The predicted octanol–water partition coefficient (Wildman–Crippen LogP) is 6.89. The Morgan fingerprint density at radius 1 is 1.00 bits per heavy atom. The summed E-state index contributed by atoms with van der Waals surface area (Å²) in [5.74, 6) is 4.37. The summed E-state index contributed by atoms with van der Waals surface area (Å²) in [5, 5.41) is 12.6. The van der Waals surface area contributed by atoms with Crippen molar-refractivity contribution in [3.8, 4) is 16.9 Å². The van der Waals surface area contributed by atoms with Gasteiger partial charge in [-0.05, 0) is 84.7 Å². The molecule has 4 saturated carbocycles. The average Bonchev–Trinajstić information content (AvgIpc) is 2.76. The van der Waals surface area contributed by atoms with Crippen molar-refractivity contribution in [2.75, 3.05) is 0 Å². The van der Waals surface area contributed by atoms with E-state index in [0.717, 1.165) is 34.9 Å². The van der Waals surface area contributed by atoms with Crippen LogP contribution in [0.4, 0.5) is 0 Å². The first-order valence-electron chi connectivity index (χ1n) is 14.6. The van der Waals surface area contributed by atoms with Crippen LogP contribution in [0.3, 0.4) is 0 Å². The summed E-state index contributed by atoms with van der Waals surface area (Å²) in [6.45, 7) is 14.8. The lowest BCUT2D eigenvalue weighted by Crippen LogP contribution is -2.51. The number of benzene rings is 2. The first-order chi connectivity index (χ1) is 16.9. The van der Waals surface area contributed by atoms with Crippen LogP contribution in [0, 0.1) is 29.1 Å². The van der Waals surface area contributed by atoms with Gasteiger partial charge in [0.25, 0.3) is 0 Å². The van der Waals surface area contributed by atoms with Crippen molar-refractivity contribution >= 4 is 25.8 Å². The summed E-state index contributed by atoms with van der Waals surface area (Å²) in [7, 11) is -2.57. The fourth-order valence-corrected chi connectivity index (χ4v) is 12.6. The summed E-state index contributed by atoms with van der Waals surface area (Å²) in [6, 6.07) is 14.8. The van der Waals surface area contributed by atoms with E-state index in [9.17, 15) is 5.02 Å². The minimum atomic E-state index is -1.70. The third-order valence-electron chi connectivity index (χ3n) is 10.0. The first-order valence-corrected chi connectivity index (χ1v) is 17.8. The molecule has 5 aliphatic rings. The molecule has 7 rings (SSSR count). The van der Waals surface area contributed by atoms with Crippen LogP contribution in [-0.4, -0.2) is 20.2 Å². The maximum atomic E-state index is 11.1. The molecule has 4 bridgehead atoms. The van der Waals surface area contributed by atoms with Gasteiger partial charge in [-0.2, -0.15) is 24.3 Å². The molecule has 0 radical (unpaired) electrons. The molecule has 4 heteroatoms. The fraction of sp³-hybridized carbons (Fsp3) is 0.625. The summed E-state index contributed by atoms with van der Waals surface area (Å²) < 4.78 is 6.46. The predicted molar refractivity (Wildman–Crippen MR) is 155 cm³/mol. The van der Waals surface area contributed by atoms with Crippen molar-refractivity contribution in [1.82, 2.24) is 0 Å². The molecule has 2 nitrogen and oxygen atoms in total. The minimum absolute atomic E-state index is 0.238. The quantitative estimate of drug-likeness (QED) is 0.453. The fourth-order valence-electron chi connectivity index (χ4n) is 9.42. The highest BCUT2D eigenvalue weighted by molar-refractivity contribution is 6.90. The van der Waals surface area contributed by atoms with E-state index in [4.69, 9.17) is 4.65 Å². The van der Waals surface area contributed by atoms with Crippen LogP contribution in [0.25, 0.3) is 11.1 Å². The van der Waals surface area contributed by atoms with Gasteiger partial charge in [-0.25, -0.2) is 0 Å². The first kappa shape index (κ1) is 24.8. The van der Waals surface area contributed by atoms with Gasteiger partial charge >= 0.3 is 7.12 Å². The lowest BCUT2D eigenvalue weighted by Gasteiger charge is -2.58. The molecule has 0 saturated heterocycles. The van der Waals surface area contributed by atoms with E-state index in [1.165, 1.54) is 67.7 Å². The van der Waals surface area contributed by atoms with Crippen LogP contribution in [0.2, 0.25) is 19.1 Å². The van der Waals surface area contributed by atoms with E-state index >= 15 is 0 Å². The maximum absolute atomic E-state index is 11.1. The van der Waals surface area contributed by atoms with E-state index in [0.29, 0.717) is 5.41 Å². The highest BCUT2D eigenvalue weighted by atomic mass is 28.3. The van der Waals surface area contributed by atoms with Crippen LogP contribution < -0.4 is 15.3 Å². The molecule has 1 aliphatic heterocycles. The third-order valence-corrected chi connectivity index (χ3v) is 13.6.